The second kappa shape index (κ2) is 3.18. The van der Waals surface area contributed by atoms with Gasteiger partial charge in [-0.2, -0.15) is 10.2 Å². The molecule has 5 nitrogen and oxygen atoms in total. The summed E-state index contributed by atoms with van der Waals surface area (Å²) in [5, 5.41) is 14.3. The fourth-order valence-corrected chi connectivity index (χ4v) is 1.65. The van der Waals surface area contributed by atoms with Gasteiger partial charge in [0.25, 0.3) is 0 Å². The number of rotatable bonds is 3. The molecule has 0 unspecified atom stereocenters. The van der Waals surface area contributed by atoms with E-state index in [0.29, 0.717) is 5.92 Å². The Kier molecular flexibility index (Phi) is 1.83. The number of nitrogens with zero attached hydrogens (tertiary/aromatic N) is 3. The van der Waals surface area contributed by atoms with Crippen LogP contribution in [-0.4, -0.2) is 25.4 Å². The third kappa shape index (κ3) is 1.77. The highest BCUT2D eigenvalue weighted by atomic mass is 15.2. The Hall–Kier alpha value is -1.65. The van der Waals surface area contributed by atoms with E-state index in [4.69, 9.17) is 0 Å². The van der Waals surface area contributed by atoms with Crippen LogP contribution in [0, 0.1) is 6.92 Å². The summed E-state index contributed by atoms with van der Waals surface area (Å²) in [6.07, 6.45) is 3.20. The molecule has 0 atom stereocenters. The van der Waals surface area contributed by atoms with Crippen molar-refractivity contribution in [2.24, 2.45) is 0 Å². The van der Waals surface area contributed by atoms with Crippen LogP contribution >= 0.6 is 0 Å². The van der Waals surface area contributed by atoms with Gasteiger partial charge in [-0.15, -0.1) is 0 Å². The highest BCUT2D eigenvalue weighted by Crippen LogP contribution is 2.37. The van der Waals surface area contributed by atoms with Gasteiger partial charge < -0.3 is 0 Å². The second-order valence-corrected chi connectivity index (χ2v) is 4.13. The van der Waals surface area contributed by atoms with Gasteiger partial charge in [-0.1, -0.05) is 0 Å². The van der Waals surface area contributed by atoms with Crippen molar-refractivity contribution in [3.8, 4) is 0 Å². The minimum absolute atomic E-state index is 0.607. The first kappa shape index (κ1) is 8.64. The standard InChI is InChI=1S/C10H13N5/c1-6-4-8(13-12-6)5-9-11-10(15-14-9)7-2-3-7/h4,7H,2-3,5H2,1H3,(H,12,13)(H,11,14,15). The first-order chi connectivity index (χ1) is 7.31. The Balaban J connectivity index is 1.75. The van der Waals surface area contributed by atoms with Gasteiger partial charge in [0.2, 0.25) is 0 Å². The van der Waals surface area contributed by atoms with Crippen molar-refractivity contribution in [2.75, 3.05) is 0 Å². The number of aryl methyl sites for hydroxylation is 1. The van der Waals surface area contributed by atoms with Crippen LogP contribution < -0.4 is 0 Å². The topological polar surface area (TPSA) is 70.2 Å². The normalized spacial score (nSPS) is 15.8. The molecule has 1 aliphatic rings. The summed E-state index contributed by atoms with van der Waals surface area (Å²) < 4.78 is 0. The number of H-pyrrole nitrogens is 2. The van der Waals surface area contributed by atoms with Crippen molar-refractivity contribution in [1.82, 2.24) is 25.4 Å². The van der Waals surface area contributed by atoms with Crippen molar-refractivity contribution >= 4 is 0 Å². The Morgan fingerprint density at radius 1 is 1.33 bits per heavy atom. The predicted octanol–water partition coefficient (Wildman–Crippen LogP) is 1.30. The van der Waals surface area contributed by atoms with Crippen molar-refractivity contribution < 1.29 is 0 Å². The molecule has 0 amide bonds. The molecule has 0 bridgehead atoms. The Morgan fingerprint density at radius 3 is 2.87 bits per heavy atom. The average molecular weight is 203 g/mol. The van der Waals surface area contributed by atoms with Gasteiger partial charge in [-0.05, 0) is 25.8 Å². The summed E-state index contributed by atoms with van der Waals surface area (Å²) in [6, 6.07) is 2.03. The van der Waals surface area contributed by atoms with Gasteiger partial charge in [0.1, 0.15) is 5.82 Å². The Labute approximate surface area is 87.3 Å². The first-order valence-electron chi connectivity index (χ1n) is 5.23. The second-order valence-electron chi connectivity index (χ2n) is 4.13. The molecule has 0 radical (unpaired) electrons. The van der Waals surface area contributed by atoms with Gasteiger partial charge >= 0.3 is 0 Å². The zero-order valence-corrected chi connectivity index (χ0v) is 8.62. The van der Waals surface area contributed by atoms with E-state index in [-0.39, 0.29) is 0 Å². The summed E-state index contributed by atoms with van der Waals surface area (Å²) in [6.45, 7) is 1.99. The highest BCUT2D eigenvalue weighted by molar-refractivity contribution is 5.13. The molecule has 15 heavy (non-hydrogen) atoms. The lowest BCUT2D eigenvalue weighted by Gasteiger charge is -1.88. The molecular formula is C10H13N5. The number of aromatic nitrogens is 5. The van der Waals surface area contributed by atoms with E-state index >= 15 is 0 Å². The zero-order valence-electron chi connectivity index (χ0n) is 8.62. The van der Waals surface area contributed by atoms with Gasteiger partial charge in [0.15, 0.2) is 5.82 Å². The maximum Gasteiger partial charge on any atom is 0.153 e. The van der Waals surface area contributed by atoms with Crippen LogP contribution in [0.4, 0.5) is 0 Å². The van der Waals surface area contributed by atoms with E-state index in [1.165, 1.54) is 12.8 Å². The molecule has 1 saturated carbocycles. The summed E-state index contributed by atoms with van der Waals surface area (Å²) in [7, 11) is 0. The predicted molar refractivity (Wildman–Crippen MR) is 54.5 cm³/mol. The van der Waals surface area contributed by atoms with E-state index < -0.39 is 0 Å². The number of hydrogen-bond donors (Lipinski definition) is 2. The molecule has 2 heterocycles. The van der Waals surface area contributed by atoms with E-state index in [9.17, 15) is 0 Å². The molecule has 0 saturated heterocycles. The van der Waals surface area contributed by atoms with Gasteiger partial charge in [-0.3, -0.25) is 10.2 Å². The molecular weight excluding hydrogens is 190 g/mol. The summed E-state index contributed by atoms with van der Waals surface area (Å²) >= 11 is 0. The molecule has 2 aromatic heterocycles. The number of hydrogen-bond acceptors (Lipinski definition) is 3. The van der Waals surface area contributed by atoms with Crippen molar-refractivity contribution in [3.05, 3.63) is 29.1 Å². The van der Waals surface area contributed by atoms with Crippen LogP contribution in [0.3, 0.4) is 0 Å². The number of nitrogens with one attached hydrogen (secondary N) is 2. The van der Waals surface area contributed by atoms with Crippen LogP contribution in [0.1, 0.15) is 41.8 Å². The lowest BCUT2D eigenvalue weighted by atomic mass is 10.3. The molecule has 2 N–H and O–H groups in total. The van der Waals surface area contributed by atoms with Crippen molar-refractivity contribution in [1.29, 1.82) is 0 Å². The van der Waals surface area contributed by atoms with Gasteiger partial charge in [-0.25, -0.2) is 4.98 Å². The quantitative estimate of drug-likeness (QED) is 0.790. The molecule has 3 rings (SSSR count). The summed E-state index contributed by atoms with van der Waals surface area (Å²) in [4.78, 5) is 4.46. The summed E-state index contributed by atoms with van der Waals surface area (Å²) in [5.74, 6) is 2.48. The van der Waals surface area contributed by atoms with Gasteiger partial charge in [0.05, 0.1) is 12.1 Å². The van der Waals surface area contributed by atoms with Crippen LogP contribution in [0.2, 0.25) is 0 Å². The number of aromatic amines is 2. The zero-order chi connectivity index (χ0) is 10.3. The van der Waals surface area contributed by atoms with Crippen LogP contribution in [0.25, 0.3) is 0 Å². The van der Waals surface area contributed by atoms with Gasteiger partial charge in [0, 0.05) is 11.6 Å². The fourth-order valence-electron chi connectivity index (χ4n) is 1.65. The van der Waals surface area contributed by atoms with Crippen molar-refractivity contribution in [2.45, 2.75) is 32.1 Å². The van der Waals surface area contributed by atoms with E-state index in [1.54, 1.807) is 0 Å². The maximum atomic E-state index is 4.46. The van der Waals surface area contributed by atoms with E-state index in [1.807, 2.05) is 13.0 Å². The smallest absolute Gasteiger partial charge is 0.153 e. The van der Waals surface area contributed by atoms with E-state index in [0.717, 1.165) is 29.5 Å². The lowest BCUT2D eigenvalue weighted by molar-refractivity contribution is 0.916. The van der Waals surface area contributed by atoms with E-state index in [2.05, 4.69) is 25.4 Å². The largest absolute Gasteiger partial charge is 0.283 e. The minimum Gasteiger partial charge on any atom is -0.283 e. The summed E-state index contributed by atoms with van der Waals surface area (Å²) in [5.41, 5.74) is 2.08. The molecule has 0 aromatic carbocycles. The molecule has 0 spiro atoms. The van der Waals surface area contributed by atoms with Crippen molar-refractivity contribution in [3.63, 3.8) is 0 Å². The first-order valence-corrected chi connectivity index (χ1v) is 5.23. The molecule has 2 aromatic rings. The molecule has 5 heteroatoms. The molecule has 0 aliphatic heterocycles. The third-order valence-corrected chi connectivity index (χ3v) is 2.60. The average Bonchev–Trinajstić information content (AvgIpc) is 2.84. The Morgan fingerprint density at radius 2 is 2.20 bits per heavy atom. The minimum atomic E-state index is 0.607. The highest BCUT2D eigenvalue weighted by Gasteiger charge is 2.27. The van der Waals surface area contributed by atoms with Crippen LogP contribution in [-0.2, 0) is 6.42 Å². The monoisotopic (exact) mass is 203 g/mol. The molecule has 78 valence electrons. The van der Waals surface area contributed by atoms with Crippen LogP contribution in [0.15, 0.2) is 6.07 Å². The van der Waals surface area contributed by atoms with Crippen LogP contribution in [0.5, 0.6) is 0 Å². The maximum absolute atomic E-state index is 4.46. The third-order valence-electron chi connectivity index (χ3n) is 2.60. The molecule has 1 aliphatic carbocycles. The lowest BCUT2D eigenvalue weighted by Crippen LogP contribution is -1.91. The fraction of sp³-hybridized carbons (Fsp3) is 0.500. The Bertz CT molecular complexity index is 466. The molecule has 1 fully saturated rings. The SMILES string of the molecule is Cc1cc(Cc2nc(C3CC3)n[nH]2)n[nH]1.